The van der Waals surface area contributed by atoms with Crippen LogP contribution in [0.15, 0.2) is 34.8 Å². The highest BCUT2D eigenvalue weighted by Crippen LogP contribution is 2.21. The van der Waals surface area contributed by atoms with E-state index in [1.54, 1.807) is 12.1 Å². The quantitative estimate of drug-likeness (QED) is 0.846. The normalized spacial score (nSPS) is 10.6. The standard InChI is InChI=1S/C16H19BrN4O/c1-10(2)9-18-15-7-6-14(20-21-15)16(22)19-12-5-4-11(3)13(17)8-12/h4-8,10H,9H2,1-3H3,(H,18,21)(H,19,22). The summed E-state index contributed by atoms with van der Waals surface area (Å²) in [6, 6.07) is 9.07. The zero-order valence-corrected chi connectivity index (χ0v) is 14.4. The van der Waals surface area contributed by atoms with Gasteiger partial charge >= 0.3 is 0 Å². The van der Waals surface area contributed by atoms with E-state index in [0.717, 1.165) is 16.6 Å². The highest BCUT2D eigenvalue weighted by Gasteiger charge is 2.09. The minimum atomic E-state index is -0.279. The summed E-state index contributed by atoms with van der Waals surface area (Å²) >= 11 is 3.44. The molecule has 1 amide bonds. The number of hydrogen-bond donors (Lipinski definition) is 2. The molecule has 0 atom stereocenters. The Hall–Kier alpha value is -1.95. The first kappa shape index (κ1) is 16.4. The molecule has 22 heavy (non-hydrogen) atoms. The number of carbonyl (C=O) groups excluding carboxylic acids is 1. The maximum Gasteiger partial charge on any atom is 0.276 e. The Kier molecular flexibility index (Phi) is 5.49. The lowest BCUT2D eigenvalue weighted by Crippen LogP contribution is -2.15. The average molecular weight is 363 g/mol. The van der Waals surface area contributed by atoms with Crippen LogP contribution in [-0.4, -0.2) is 22.6 Å². The third-order valence-electron chi connectivity index (χ3n) is 3.02. The maximum absolute atomic E-state index is 12.1. The van der Waals surface area contributed by atoms with Crippen molar-refractivity contribution in [3.05, 3.63) is 46.1 Å². The van der Waals surface area contributed by atoms with Gasteiger partial charge in [0.15, 0.2) is 5.69 Å². The van der Waals surface area contributed by atoms with Gasteiger partial charge in [-0.3, -0.25) is 4.79 Å². The monoisotopic (exact) mass is 362 g/mol. The van der Waals surface area contributed by atoms with Gasteiger partial charge in [0.25, 0.3) is 5.91 Å². The third kappa shape index (κ3) is 4.53. The molecule has 0 saturated heterocycles. The van der Waals surface area contributed by atoms with Crippen LogP contribution in [0.2, 0.25) is 0 Å². The highest BCUT2D eigenvalue weighted by molar-refractivity contribution is 9.10. The fraction of sp³-hybridized carbons (Fsp3) is 0.312. The summed E-state index contributed by atoms with van der Waals surface area (Å²) in [4.78, 5) is 12.1. The fourth-order valence-electron chi connectivity index (χ4n) is 1.72. The smallest absolute Gasteiger partial charge is 0.276 e. The first-order valence-corrected chi connectivity index (χ1v) is 7.90. The van der Waals surface area contributed by atoms with E-state index in [-0.39, 0.29) is 11.6 Å². The molecule has 6 heteroatoms. The molecule has 2 rings (SSSR count). The summed E-state index contributed by atoms with van der Waals surface area (Å²) in [5, 5.41) is 13.9. The summed E-state index contributed by atoms with van der Waals surface area (Å²) in [5.74, 6) is 0.909. The number of rotatable bonds is 5. The van der Waals surface area contributed by atoms with Crippen molar-refractivity contribution in [3.63, 3.8) is 0 Å². The molecule has 1 aromatic carbocycles. The third-order valence-corrected chi connectivity index (χ3v) is 3.87. The maximum atomic E-state index is 12.1. The van der Waals surface area contributed by atoms with Crippen LogP contribution in [0.3, 0.4) is 0 Å². The van der Waals surface area contributed by atoms with Crippen molar-refractivity contribution in [2.45, 2.75) is 20.8 Å². The van der Waals surface area contributed by atoms with Gasteiger partial charge in [0.2, 0.25) is 0 Å². The largest absolute Gasteiger partial charge is 0.368 e. The summed E-state index contributed by atoms with van der Waals surface area (Å²) < 4.78 is 0.949. The number of hydrogen-bond acceptors (Lipinski definition) is 4. The van der Waals surface area contributed by atoms with Gasteiger partial charge in [0, 0.05) is 16.7 Å². The second-order valence-electron chi connectivity index (χ2n) is 5.50. The SMILES string of the molecule is Cc1ccc(NC(=O)c2ccc(NCC(C)C)nn2)cc1Br. The molecule has 1 aromatic heterocycles. The van der Waals surface area contributed by atoms with Gasteiger partial charge in [0.05, 0.1) is 0 Å². The Bertz CT molecular complexity index is 656. The molecule has 116 valence electrons. The van der Waals surface area contributed by atoms with Gasteiger partial charge in [-0.25, -0.2) is 0 Å². The number of carbonyl (C=O) groups is 1. The van der Waals surface area contributed by atoms with E-state index < -0.39 is 0 Å². The van der Waals surface area contributed by atoms with Crippen LogP contribution < -0.4 is 10.6 Å². The van der Waals surface area contributed by atoms with Crippen molar-refractivity contribution in [2.75, 3.05) is 17.2 Å². The van der Waals surface area contributed by atoms with Crippen LogP contribution in [-0.2, 0) is 0 Å². The first-order valence-electron chi connectivity index (χ1n) is 7.11. The summed E-state index contributed by atoms with van der Waals surface area (Å²) in [5.41, 5.74) is 2.11. The Labute approximate surface area is 138 Å². The van der Waals surface area contributed by atoms with E-state index in [0.29, 0.717) is 17.4 Å². The van der Waals surface area contributed by atoms with Crippen molar-refractivity contribution in [1.29, 1.82) is 0 Å². The number of amides is 1. The highest BCUT2D eigenvalue weighted by atomic mass is 79.9. The molecule has 2 N–H and O–H groups in total. The molecule has 0 unspecified atom stereocenters. The van der Waals surface area contributed by atoms with E-state index >= 15 is 0 Å². The minimum Gasteiger partial charge on any atom is -0.368 e. The Balaban J connectivity index is 2.01. The summed E-state index contributed by atoms with van der Waals surface area (Å²) in [6.07, 6.45) is 0. The number of benzene rings is 1. The van der Waals surface area contributed by atoms with Crippen molar-refractivity contribution >= 4 is 33.3 Å². The minimum absolute atomic E-state index is 0.279. The van der Waals surface area contributed by atoms with Crippen molar-refractivity contribution in [2.24, 2.45) is 5.92 Å². The number of nitrogens with zero attached hydrogens (tertiary/aromatic N) is 2. The van der Waals surface area contributed by atoms with Gasteiger partial charge < -0.3 is 10.6 Å². The van der Waals surface area contributed by atoms with Gasteiger partial charge in [-0.1, -0.05) is 35.8 Å². The lowest BCUT2D eigenvalue weighted by molar-refractivity contribution is 0.102. The topological polar surface area (TPSA) is 66.9 Å². The van der Waals surface area contributed by atoms with E-state index in [2.05, 4.69) is 50.6 Å². The van der Waals surface area contributed by atoms with Gasteiger partial charge in [0.1, 0.15) is 5.82 Å². The van der Waals surface area contributed by atoms with Crippen molar-refractivity contribution in [3.8, 4) is 0 Å². The molecule has 0 aliphatic carbocycles. The van der Waals surface area contributed by atoms with E-state index in [1.807, 2.05) is 25.1 Å². The van der Waals surface area contributed by atoms with Crippen LogP contribution in [0.25, 0.3) is 0 Å². The molecular formula is C16H19BrN4O. The fourth-order valence-corrected chi connectivity index (χ4v) is 2.10. The number of aromatic nitrogens is 2. The van der Waals surface area contributed by atoms with Crippen LogP contribution >= 0.6 is 15.9 Å². The van der Waals surface area contributed by atoms with Gasteiger partial charge in [-0.05, 0) is 42.7 Å². The Morgan fingerprint density at radius 2 is 2.00 bits per heavy atom. The van der Waals surface area contributed by atoms with E-state index in [4.69, 9.17) is 0 Å². The molecule has 2 aromatic rings. The van der Waals surface area contributed by atoms with Crippen LogP contribution in [0.5, 0.6) is 0 Å². The molecule has 1 heterocycles. The average Bonchev–Trinajstić information content (AvgIpc) is 2.49. The second kappa shape index (κ2) is 7.35. The van der Waals surface area contributed by atoms with Crippen LogP contribution in [0.1, 0.15) is 29.9 Å². The molecule has 0 saturated carbocycles. The molecular weight excluding hydrogens is 344 g/mol. The molecule has 0 bridgehead atoms. The first-order chi connectivity index (χ1) is 10.5. The number of anilines is 2. The zero-order valence-electron chi connectivity index (χ0n) is 12.9. The molecule has 0 radical (unpaired) electrons. The lowest BCUT2D eigenvalue weighted by Gasteiger charge is -2.08. The summed E-state index contributed by atoms with van der Waals surface area (Å²) in [6.45, 7) is 7.03. The number of halogens is 1. The second-order valence-corrected chi connectivity index (χ2v) is 6.35. The number of nitrogens with one attached hydrogen (secondary N) is 2. The predicted molar refractivity (Wildman–Crippen MR) is 92.2 cm³/mol. The van der Waals surface area contributed by atoms with Gasteiger partial charge in [-0.2, -0.15) is 0 Å². The van der Waals surface area contributed by atoms with Crippen LogP contribution in [0.4, 0.5) is 11.5 Å². The molecule has 0 aliphatic heterocycles. The predicted octanol–water partition coefficient (Wildman–Crippen LogP) is 3.87. The van der Waals surface area contributed by atoms with Crippen LogP contribution in [0, 0.1) is 12.8 Å². The Morgan fingerprint density at radius 1 is 1.23 bits per heavy atom. The molecule has 5 nitrogen and oxygen atoms in total. The molecule has 0 aliphatic rings. The lowest BCUT2D eigenvalue weighted by atomic mass is 10.2. The van der Waals surface area contributed by atoms with E-state index in [9.17, 15) is 4.79 Å². The summed E-state index contributed by atoms with van der Waals surface area (Å²) in [7, 11) is 0. The van der Waals surface area contributed by atoms with Crippen molar-refractivity contribution < 1.29 is 4.79 Å². The van der Waals surface area contributed by atoms with Gasteiger partial charge in [-0.15, -0.1) is 10.2 Å². The Morgan fingerprint density at radius 3 is 2.59 bits per heavy atom. The molecule has 0 spiro atoms. The number of aryl methyl sites for hydroxylation is 1. The molecule has 0 fully saturated rings. The zero-order chi connectivity index (χ0) is 16.1. The van der Waals surface area contributed by atoms with Crippen molar-refractivity contribution in [1.82, 2.24) is 10.2 Å². The van der Waals surface area contributed by atoms with E-state index in [1.165, 1.54) is 0 Å².